The van der Waals surface area contributed by atoms with E-state index in [2.05, 4.69) is 32.5 Å². The van der Waals surface area contributed by atoms with Crippen LogP contribution in [0.2, 0.25) is 0 Å². The minimum atomic E-state index is 0.230. The predicted molar refractivity (Wildman–Crippen MR) is 90.3 cm³/mol. The van der Waals surface area contributed by atoms with Crippen molar-refractivity contribution in [3.63, 3.8) is 0 Å². The molecule has 6 nitrogen and oxygen atoms in total. The van der Waals surface area contributed by atoms with E-state index < -0.39 is 0 Å². The van der Waals surface area contributed by atoms with E-state index in [1.807, 2.05) is 18.5 Å². The van der Waals surface area contributed by atoms with Gasteiger partial charge < -0.3 is 13.7 Å². The molecule has 130 valence electrons. The number of aryl methyl sites for hydroxylation is 1. The van der Waals surface area contributed by atoms with E-state index in [1.54, 1.807) is 6.26 Å². The number of furan rings is 1. The van der Waals surface area contributed by atoms with Gasteiger partial charge in [-0.1, -0.05) is 0 Å². The second-order valence-electron chi connectivity index (χ2n) is 7.26. The van der Waals surface area contributed by atoms with Crippen LogP contribution in [0.25, 0.3) is 0 Å². The van der Waals surface area contributed by atoms with Gasteiger partial charge >= 0.3 is 0 Å². The SMILES string of the molecule is Cn1ccnc1CN1CCOC[C@@]2(CCN(Cc3ccco3)C2)C1. The number of ether oxygens (including phenoxy) is 1. The van der Waals surface area contributed by atoms with E-state index in [1.165, 1.54) is 6.42 Å². The van der Waals surface area contributed by atoms with Crippen molar-refractivity contribution in [1.82, 2.24) is 19.4 Å². The summed E-state index contributed by atoms with van der Waals surface area (Å²) in [5.74, 6) is 2.17. The number of aromatic nitrogens is 2. The molecule has 4 heterocycles. The lowest BCUT2D eigenvalue weighted by atomic mass is 9.87. The van der Waals surface area contributed by atoms with Crippen LogP contribution in [-0.2, 0) is 24.9 Å². The Hall–Kier alpha value is -1.63. The lowest BCUT2D eigenvalue weighted by Gasteiger charge is -2.31. The fourth-order valence-electron chi connectivity index (χ4n) is 4.00. The van der Waals surface area contributed by atoms with E-state index in [-0.39, 0.29) is 5.41 Å². The van der Waals surface area contributed by atoms with Crippen molar-refractivity contribution < 1.29 is 9.15 Å². The van der Waals surface area contributed by atoms with Crippen molar-refractivity contribution in [3.8, 4) is 0 Å². The summed E-state index contributed by atoms with van der Waals surface area (Å²) in [5, 5.41) is 0. The van der Waals surface area contributed by atoms with Gasteiger partial charge in [0.15, 0.2) is 0 Å². The molecule has 4 rings (SSSR count). The van der Waals surface area contributed by atoms with Gasteiger partial charge in [0.05, 0.1) is 32.6 Å². The summed E-state index contributed by atoms with van der Waals surface area (Å²) in [5.41, 5.74) is 0.230. The fourth-order valence-corrected chi connectivity index (χ4v) is 4.00. The van der Waals surface area contributed by atoms with Crippen molar-refractivity contribution in [2.75, 3.05) is 39.4 Å². The molecule has 2 fully saturated rings. The Labute approximate surface area is 143 Å². The molecule has 0 N–H and O–H groups in total. The number of nitrogens with zero attached hydrogens (tertiary/aromatic N) is 4. The molecule has 0 bridgehead atoms. The molecule has 0 unspecified atom stereocenters. The molecule has 2 saturated heterocycles. The molecule has 24 heavy (non-hydrogen) atoms. The first-order chi connectivity index (χ1) is 11.7. The first-order valence-corrected chi connectivity index (χ1v) is 8.74. The average molecular weight is 330 g/mol. The lowest BCUT2D eigenvalue weighted by Crippen LogP contribution is -2.40. The fraction of sp³-hybridized carbons (Fsp3) is 0.611. The summed E-state index contributed by atoms with van der Waals surface area (Å²) in [6.45, 7) is 7.70. The van der Waals surface area contributed by atoms with Gasteiger partial charge in [-0.2, -0.15) is 0 Å². The quantitative estimate of drug-likeness (QED) is 0.854. The Morgan fingerprint density at radius 2 is 2.08 bits per heavy atom. The van der Waals surface area contributed by atoms with Crippen molar-refractivity contribution in [1.29, 1.82) is 0 Å². The molecule has 2 aromatic rings. The highest BCUT2D eigenvalue weighted by Gasteiger charge is 2.41. The van der Waals surface area contributed by atoms with Crippen LogP contribution in [-0.4, -0.2) is 58.7 Å². The largest absolute Gasteiger partial charge is 0.468 e. The van der Waals surface area contributed by atoms with Crippen LogP contribution in [0.1, 0.15) is 18.0 Å². The standard InChI is InChI=1S/C18H26N4O2/c1-20-7-5-19-17(20)12-22-8-10-23-15-18(14-22)4-6-21(13-18)11-16-3-2-9-24-16/h2-3,5,7,9H,4,6,8,10-15H2,1H3/t18-/m1/s1. The van der Waals surface area contributed by atoms with Crippen LogP contribution in [0.3, 0.4) is 0 Å². The van der Waals surface area contributed by atoms with Gasteiger partial charge in [-0.15, -0.1) is 0 Å². The van der Waals surface area contributed by atoms with E-state index >= 15 is 0 Å². The monoisotopic (exact) mass is 330 g/mol. The molecule has 0 aliphatic carbocycles. The first kappa shape index (κ1) is 15.9. The molecule has 2 aliphatic heterocycles. The summed E-state index contributed by atoms with van der Waals surface area (Å²) in [6, 6.07) is 4.02. The Kier molecular flexibility index (Phi) is 4.43. The summed E-state index contributed by atoms with van der Waals surface area (Å²) >= 11 is 0. The summed E-state index contributed by atoms with van der Waals surface area (Å²) in [7, 11) is 2.06. The van der Waals surface area contributed by atoms with Crippen LogP contribution < -0.4 is 0 Å². The minimum Gasteiger partial charge on any atom is -0.468 e. The molecule has 6 heteroatoms. The van der Waals surface area contributed by atoms with Crippen molar-refractivity contribution in [2.24, 2.45) is 12.5 Å². The Morgan fingerprint density at radius 3 is 2.83 bits per heavy atom. The van der Waals surface area contributed by atoms with Crippen molar-refractivity contribution in [3.05, 3.63) is 42.4 Å². The molecule has 0 aromatic carbocycles. The van der Waals surface area contributed by atoms with E-state index in [9.17, 15) is 0 Å². The third-order valence-electron chi connectivity index (χ3n) is 5.28. The van der Waals surface area contributed by atoms with Gasteiger partial charge in [0.25, 0.3) is 0 Å². The van der Waals surface area contributed by atoms with Crippen LogP contribution in [0, 0.1) is 5.41 Å². The maximum Gasteiger partial charge on any atom is 0.122 e. The normalized spacial score (nSPS) is 26.2. The number of hydrogen-bond acceptors (Lipinski definition) is 5. The minimum absolute atomic E-state index is 0.230. The topological polar surface area (TPSA) is 46.7 Å². The van der Waals surface area contributed by atoms with Gasteiger partial charge in [-0.05, 0) is 25.1 Å². The average Bonchev–Trinajstić information content (AvgIpc) is 3.26. The van der Waals surface area contributed by atoms with Crippen LogP contribution in [0.4, 0.5) is 0 Å². The molecular weight excluding hydrogens is 304 g/mol. The van der Waals surface area contributed by atoms with Gasteiger partial charge in [0, 0.05) is 44.5 Å². The van der Waals surface area contributed by atoms with E-state index in [0.717, 1.165) is 64.1 Å². The number of likely N-dealkylation sites (tertiary alicyclic amines) is 1. The lowest BCUT2D eigenvalue weighted by molar-refractivity contribution is 0.0700. The Morgan fingerprint density at radius 1 is 1.21 bits per heavy atom. The van der Waals surface area contributed by atoms with E-state index in [0.29, 0.717) is 0 Å². The van der Waals surface area contributed by atoms with Crippen molar-refractivity contribution in [2.45, 2.75) is 19.5 Å². The molecule has 0 amide bonds. The molecule has 2 aliphatic rings. The van der Waals surface area contributed by atoms with Gasteiger partial charge in [-0.3, -0.25) is 9.80 Å². The maximum absolute atomic E-state index is 5.98. The zero-order valence-corrected chi connectivity index (χ0v) is 14.4. The third-order valence-corrected chi connectivity index (χ3v) is 5.28. The molecule has 1 spiro atoms. The summed E-state index contributed by atoms with van der Waals surface area (Å²) in [6.07, 6.45) is 6.83. The highest BCUT2D eigenvalue weighted by atomic mass is 16.5. The Bertz CT molecular complexity index is 654. The second-order valence-corrected chi connectivity index (χ2v) is 7.26. The molecule has 0 saturated carbocycles. The number of hydrogen-bond donors (Lipinski definition) is 0. The summed E-state index contributed by atoms with van der Waals surface area (Å²) in [4.78, 5) is 9.48. The number of imidazole rings is 1. The highest BCUT2D eigenvalue weighted by molar-refractivity contribution is 5.01. The van der Waals surface area contributed by atoms with E-state index in [4.69, 9.17) is 9.15 Å². The van der Waals surface area contributed by atoms with Crippen molar-refractivity contribution >= 4 is 0 Å². The van der Waals surface area contributed by atoms with Gasteiger partial charge in [0.2, 0.25) is 0 Å². The van der Waals surface area contributed by atoms with Gasteiger partial charge in [0.1, 0.15) is 11.6 Å². The Balaban J connectivity index is 1.41. The zero-order valence-electron chi connectivity index (χ0n) is 14.4. The molecule has 0 radical (unpaired) electrons. The molecule has 1 atom stereocenters. The highest BCUT2D eigenvalue weighted by Crippen LogP contribution is 2.34. The zero-order chi connectivity index (χ0) is 16.4. The van der Waals surface area contributed by atoms with Gasteiger partial charge in [-0.25, -0.2) is 4.98 Å². The smallest absolute Gasteiger partial charge is 0.122 e. The van der Waals surface area contributed by atoms with Crippen LogP contribution in [0.5, 0.6) is 0 Å². The van der Waals surface area contributed by atoms with Crippen LogP contribution in [0.15, 0.2) is 35.2 Å². The second kappa shape index (κ2) is 6.70. The predicted octanol–water partition coefficient (Wildman–Crippen LogP) is 1.74. The maximum atomic E-state index is 5.98. The molecular formula is C18H26N4O2. The van der Waals surface area contributed by atoms with Crippen LogP contribution >= 0.6 is 0 Å². The number of rotatable bonds is 4. The summed E-state index contributed by atoms with van der Waals surface area (Å²) < 4.78 is 13.6. The molecule has 2 aromatic heterocycles. The first-order valence-electron chi connectivity index (χ1n) is 8.74. The third kappa shape index (κ3) is 3.41.